The summed E-state index contributed by atoms with van der Waals surface area (Å²) in [5.41, 5.74) is 6.28. The summed E-state index contributed by atoms with van der Waals surface area (Å²) in [6.45, 7) is 0. The maximum atomic E-state index is 10.4. The van der Waals surface area contributed by atoms with Crippen molar-refractivity contribution in [1.82, 2.24) is 9.97 Å². The fourth-order valence-electron chi connectivity index (χ4n) is 6.79. The fraction of sp³-hybridized carbons (Fsp3) is 0.0233. The quantitative estimate of drug-likeness (QED) is 0.208. The van der Waals surface area contributed by atoms with Gasteiger partial charge in [0.1, 0.15) is 33.8 Å². The summed E-state index contributed by atoms with van der Waals surface area (Å²) in [5.74, 6) is 0.930. The third-order valence-corrected chi connectivity index (χ3v) is 9.06. The van der Waals surface area contributed by atoms with Crippen LogP contribution in [0.5, 0.6) is 11.5 Å². The van der Waals surface area contributed by atoms with Gasteiger partial charge in [0.15, 0.2) is 0 Å². The zero-order chi connectivity index (χ0) is 32.9. The van der Waals surface area contributed by atoms with Gasteiger partial charge in [-0.2, -0.15) is 0 Å². The number of aromatic nitrogens is 2. The molecular weight excluding hydrogens is 608 g/mol. The molecule has 0 fully saturated rings. The number of nitrogens with zero attached hydrogens (tertiary/aromatic N) is 2. The minimum Gasteiger partial charge on any atom is -0.507 e. The highest BCUT2D eigenvalue weighted by molar-refractivity contribution is 6.19. The van der Waals surface area contributed by atoms with Gasteiger partial charge in [-0.05, 0) is 71.4 Å². The summed E-state index contributed by atoms with van der Waals surface area (Å²) < 4.78 is 18.2. The summed E-state index contributed by atoms with van der Waals surface area (Å²) in [6.07, 6.45) is 3.50. The van der Waals surface area contributed by atoms with Crippen molar-refractivity contribution in [3.8, 4) is 34.0 Å². The van der Waals surface area contributed by atoms with Crippen LogP contribution in [-0.2, 0) is 0 Å². The molecule has 0 saturated heterocycles. The second-order valence-corrected chi connectivity index (χ2v) is 11.8. The van der Waals surface area contributed by atoms with Crippen LogP contribution in [0, 0.1) is 0 Å². The maximum absolute atomic E-state index is 10.4. The zero-order valence-corrected chi connectivity index (χ0v) is 26.4. The Morgan fingerprint density at radius 2 is 0.918 bits per heavy atom. The molecule has 1 N–H and O–H groups in total. The van der Waals surface area contributed by atoms with Gasteiger partial charge in [-0.15, -0.1) is 0 Å². The molecule has 0 unspecified atom stereocenters. The van der Waals surface area contributed by atoms with Crippen LogP contribution in [0.4, 0.5) is 0 Å². The smallest absolute Gasteiger partial charge is 0.148 e. The Hall–Kier alpha value is -6.66. The van der Waals surface area contributed by atoms with E-state index in [0.717, 1.165) is 71.5 Å². The van der Waals surface area contributed by atoms with Crippen molar-refractivity contribution in [2.45, 2.75) is 0 Å². The number of hydrogen-bond acceptors (Lipinski definition) is 6. The highest BCUT2D eigenvalue weighted by Crippen LogP contribution is 2.43. The third kappa shape index (κ3) is 4.65. The standard InChI is InChI=1S/C22H15NO2.C21H13NO2/c1-24-19-12-11-17-16-10-9-14-6-2-3-7-15(14)21(16)25-22(17)20(19)18-8-4-5-13-23-18;23-18-11-10-16-15-9-8-13-5-1-2-6-14(13)20(15)24-21(16)19(18)17-7-3-4-12-22-17/h2-13H,1H3;1-12,23H. The van der Waals surface area contributed by atoms with Crippen molar-refractivity contribution in [2.24, 2.45) is 0 Å². The van der Waals surface area contributed by atoms with E-state index in [1.54, 1.807) is 25.6 Å². The first-order valence-electron chi connectivity index (χ1n) is 16.0. The van der Waals surface area contributed by atoms with Crippen LogP contribution in [0.1, 0.15) is 0 Å². The maximum Gasteiger partial charge on any atom is 0.148 e. The number of furan rings is 2. The second kappa shape index (κ2) is 11.5. The lowest BCUT2D eigenvalue weighted by molar-refractivity contribution is 0.416. The second-order valence-electron chi connectivity index (χ2n) is 11.8. The number of ether oxygens (including phenoxy) is 1. The van der Waals surface area contributed by atoms with Crippen molar-refractivity contribution < 1.29 is 18.7 Å². The molecule has 0 bridgehead atoms. The van der Waals surface area contributed by atoms with E-state index in [1.807, 2.05) is 72.8 Å². The Kier molecular flexibility index (Phi) is 6.73. The lowest BCUT2D eigenvalue weighted by Gasteiger charge is -2.08. The molecular formula is C43H28N2O4. The average Bonchev–Trinajstić information content (AvgIpc) is 3.74. The van der Waals surface area contributed by atoms with E-state index in [2.05, 4.69) is 64.6 Å². The molecule has 6 aromatic carbocycles. The largest absolute Gasteiger partial charge is 0.507 e. The topological polar surface area (TPSA) is 81.5 Å². The summed E-state index contributed by atoms with van der Waals surface area (Å²) in [6, 6.07) is 44.0. The van der Waals surface area contributed by atoms with E-state index in [0.29, 0.717) is 16.8 Å². The molecule has 0 aliphatic rings. The van der Waals surface area contributed by atoms with Crippen molar-refractivity contribution in [3.05, 3.63) is 146 Å². The van der Waals surface area contributed by atoms with Crippen LogP contribution in [0.15, 0.2) is 155 Å². The van der Waals surface area contributed by atoms with E-state index in [4.69, 9.17) is 13.6 Å². The summed E-state index contributed by atoms with van der Waals surface area (Å²) in [4.78, 5) is 8.87. The van der Waals surface area contributed by atoms with Crippen molar-refractivity contribution in [3.63, 3.8) is 0 Å². The van der Waals surface area contributed by atoms with Crippen LogP contribution >= 0.6 is 0 Å². The van der Waals surface area contributed by atoms with E-state index < -0.39 is 0 Å². The van der Waals surface area contributed by atoms with E-state index in [-0.39, 0.29) is 5.75 Å². The van der Waals surface area contributed by atoms with Crippen molar-refractivity contribution in [2.75, 3.05) is 7.11 Å². The molecule has 0 saturated carbocycles. The number of pyridine rings is 2. The molecule has 0 aliphatic carbocycles. The molecule has 49 heavy (non-hydrogen) atoms. The van der Waals surface area contributed by atoms with Crippen LogP contribution in [-0.4, -0.2) is 22.2 Å². The highest BCUT2D eigenvalue weighted by atomic mass is 16.5. The van der Waals surface area contributed by atoms with Gasteiger partial charge in [-0.1, -0.05) is 72.8 Å². The van der Waals surface area contributed by atoms with Crippen LogP contribution in [0.2, 0.25) is 0 Å². The number of phenolic OH excluding ortho intramolecular Hbond substituents is 1. The zero-order valence-electron chi connectivity index (χ0n) is 26.4. The van der Waals surface area contributed by atoms with Gasteiger partial charge in [0.2, 0.25) is 0 Å². The minimum absolute atomic E-state index is 0.171. The lowest BCUT2D eigenvalue weighted by Crippen LogP contribution is -1.90. The lowest BCUT2D eigenvalue weighted by atomic mass is 10.0. The number of fused-ring (bicyclic) bond motifs is 10. The minimum atomic E-state index is 0.171. The SMILES string of the molecule is COc1ccc2c(oc3c4ccccc4ccc23)c1-c1ccccn1.Oc1ccc2c(oc3c4ccccc4ccc23)c1-c1ccccn1. The predicted octanol–water partition coefficient (Wildman–Crippen LogP) is 11.3. The number of methoxy groups -OCH3 is 1. The number of phenols is 1. The predicted molar refractivity (Wildman–Crippen MR) is 197 cm³/mol. The molecule has 0 amide bonds. The summed E-state index contributed by atoms with van der Waals surface area (Å²) in [5, 5.41) is 19.1. The fourth-order valence-corrected chi connectivity index (χ4v) is 6.79. The molecule has 0 aliphatic heterocycles. The van der Waals surface area contributed by atoms with Crippen molar-refractivity contribution >= 4 is 65.4 Å². The van der Waals surface area contributed by atoms with Crippen molar-refractivity contribution in [1.29, 1.82) is 0 Å². The van der Waals surface area contributed by atoms with E-state index in [1.165, 1.54) is 5.39 Å². The normalized spacial score (nSPS) is 11.4. The molecule has 10 aromatic rings. The van der Waals surface area contributed by atoms with Gasteiger partial charge in [-0.3, -0.25) is 9.97 Å². The Balaban J connectivity index is 0.000000133. The number of hydrogen-bond donors (Lipinski definition) is 1. The van der Waals surface area contributed by atoms with Gasteiger partial charge in [-0.25, -0.2) is 0 Å². The molecule has 4 heterocycles. The van der Waals surface area contributed by atoms with Gasteiger partial charge < -0.3 is 18.7 Å². The molecule has 10 rings (SSSR count). The Bertz CT molecular complexity index is 2820. The Morgan fingerprint density at radius 3 is 1.47 bits per heavy atom. The molecule has 6 heteroatoms. The third-order valence-electron chi connectivity index (χ3n) is 9.06. The first-order valence-corrected chi connectivity index (χ1v) is 16.0. The molecule has 234 valence electrons. The van der Waals surface area contributed by atoms with Gasteiger partial charge in [0, 0.05) is 44.7 Å². The number of rotatable bonds is 3. The number of aromatic hydroxyl groups is 1. The molecule has 0 radical (unpaired) electrons. The Morgan fingerprint density at radius 1 is 0.449 bits per heavy atom. The van der Waals surface area contributed by atoms with Crippen LogP contribution in [0.3, 0.4) is 0 Å². The van der Waals surface area contributed by atoms with Crippen LogP contribution < -0.4 is 4.74 Å². The average molecular weight is 637 g/mol. The van der Waals surface area contributed by atoms with Gasteiger partial charge in [0.05, 0.1) is 29.6 Å². The van der Waals surface area contributed by atoms with E-state index in [9.17, 15) is 5.11 Å². The monoisotopic (exact) mass is 636 g/mol. The first kappa shape index (κ1) is 28.6. The summed E-state index contributed by atoms with van der Waals surface area (Å²) >= 11 is 0. The number of benzene rings is 6. The molecule has 4 aromatic heterocycles. The molecule has 6 nitrogen and oxygen atoms in total. The van der Waals surface area contributed by atoms with Gasteiger partial charge in [0.25, 0.3) is 0 Å². The van der Waals surface area contributed by atoms with Gasteiger partial charge >= 0.3 is 0 Å². The van der Waals surface area contributed by atoms with Crippen LogP contribution in [0.25, 0.3) is 87.9 Å². The highest BCUT2D eigenvalue weighted by Gasteiger charge is 2.20. The summed E-state index contributed by atoms with van der Waals surface area (Å²) in [7, 11) is 1.67. The Labute approximate surface area is 280 Å². The molecule has 0 spiro atoms. The first-order chi connectivity index (χ1) is 24.2. The molecule has 0 atom stereocenters. The van der Waals surface area contributed by atoms with E-state index >= 15 is 0 Å².